The number of carbonyl (C=O) groups is 1. The van der Waals surface area contributed by atoms with Crippen molar-refractivity contribution in [2.45, 2.75) is 20.0 Å². The first-order chi connectivity index (χ1) is 10.7. The minimum absolute atomic E-state index is 0. The van der Waals surface area contributed by atoms with Gasteiger partial charge in [0.25, 0.3) is 0 Å². The molecule has 142 valence electrons. The smallest absolute Gasteiger partial charge is 0.357 e. The molecule has 1 saturated heterocycles. The lowest BCUT2D eigenvalue weighted by Crippen LogP contribution is -2.53. The molecule has 6 nitrogen and oxygen atoms in total. The number of nitrogens with zero attached hydrogens (tertiary/aromatic N) is 4. The van der Waals surface area contributed by atoms with Crippen LogP contribution in [0.25, 0.3) is 0 Å². The maximum Gasteiger partial charge on any atom is 0.401 e. The third kappa shape index (κ3) is 8.90. The Bertz CT molecular complexity index is 412. The molecule has 24 heavy (non-hydrogen) atoms. The number of nitrogens with one attached hydrogen (secondary N) is 1. The van der Waals surface area contributed by atoms with Crippen LogP contribution in [0.5, 0.6) is 0 Å². The van der Waals surface area contributed by atoms with Crippen LogP contribution in [0.15, 0.2) is 4.99 Å². The molecular weight excluding hydrogens is 438 g/mol. The van der Waals surface area contributed by atoms with Crippen LogP contribution in [0, 0.1) is 0 Å². The molecule has 0 atom stereocenters. The average Bonchev–Trinajstić information content (AvgIpc) is 2.44. The maximum atomic E-state index is 12.3. The van der Waals surface area contributed by atoms with Gasteiger partial charge in [-0.1, -0.05) is 0 Å². The van der Waals surface area contributed by atoms with Gasteiger partial charge in [-0.05, 0) is 14.0 Å². The van der Waals surface area contributed by atoms with Crippen LogP contribution >= 0.6 is 24.0 Å². The zero-order valence-corrected chi connectivity index (χ0v) is 16.7. The molecule has 0 aromatic carbocycles. The van der Waals surface area contributed by atoms with Crippen molar-refractivity contribution in [3.63, 3.8) is 0 Å². The Morgan fingerprint density at radius 3 is 2.21 bits per heavy atom. The summed E-state index contributed by atoms with van der Waals surface area (Å²) in [6.45, 7) is 6.38. The lowest BCUT2D eigenvalue weighted by atomic mass is 10.3. The number of hydrogen-bond acceptors (Lipinski definition) is 3. The summed E-state index contributed by atoms with van der Waals surface area (Å²) in [7, 11) is 1.43. The summed E-state index contributed by atoms with van der Waals surface area (Å²) >= 11 is 0. The second-order valence-electron chi connectivity index (χ2n) is 5.58. The third-order valence-electron chi connectivity index (χ3n) is 3.55. The van der Waals surface area contributed by atoms with E-state index in [4.69, 9.17) is 0 Å². The average molecular weight is 465 g/mol. The van der Waals surface area contributed by atoms with Gasteiger partial charge in [-0.25, -0.2) is 0 Å². The highest BCUT2D eigenvalue weighted by Crippen LogP contribution is 2.15. The number of hydrogen-bond donors (Lipinski definition) is 1. The summed E-state index contributed by atoms with van der Waals surface area (Å²) in [6, 6.07) is 0. The van der Waals surface area contributed by atoms with Crippen molar-refractivity contribution in [1.29, 1.82) is 0 Å². The predicted molar refractivity (Wildman–Crippen MR) is 98.8 cm³/mol. The summed E-state index contributed by atoms with van der Waals surface area (Å²) in [5.41, 5.74) is 0. The van der Waals surface area contributed by atoms with Crippen LogP contribution < -0.4 is 5.32 Å². The van der Waals surface area contributed by atoms with Gasteiger partial charge in [0.05, 0.1) is 13.1 Å². The van der Waals surface area contributed by atoms with Crippen LogP contribution in [0.1, 0.15) is 13.8 Å². The molecule has 1 fully saturated rings. The fourth-order valence-electron chi connectivity index (χ4n) is 2.37. The van der Waals surface area contributed by atoms with E-state index in [0.717, 1.165) is 0 Å². The van der Waals surface area contributed by atoms with Crippen molar-refractivity contribution < 1.29 is 18.0 Å². The standard InChI is InChI=1S/C14H26F3N5O.HI/c1-4-18-13(19-5-6-20(3)11-14(15,16)17)22-9-7-21(8-10-22)12(2)23;/h4-11H2,1-3H3,(H,18,19);1H. The summed E-state index contributed by atoms with van der Waals surface area (Å²) in [5, 5.41) is 3.15. The molecule has 0 aromatic rings. The molecule has 0 bridgehead atoms. The van der Waals surface area contributed by atoms with Gasteiger partial charge in [0.2, 0.25) is 5.91 Å². The summed E-state index contributed by atoms with van der Waals surface area (Å²) in [4.78, 5) is 20.7. The molecule has 1 aliphatic heterocycles. The van der Waals surface area contributed by atoms with E-state index in [0.29, 0.717) is 45.2 Å². The Hall–Kier alpha value is -0.780. The van der Waals surface area contributed by atoms with E-state index < -0.39 is 12.7 Å². The van der Waals surface area contributed by atoms with E-state index in [9.17, 15) is 18.0 Å². The van der Waals surface area contributed by atoms with Crippen molar-refractivity contribution in [3.05, 3.63) is 0 Å². The minimum Gasteiger partial charge on any atom is -0.357 e. The highest BCUT2D eigenvalue weighted by molar-refractivity contribution is 14.0. The molecule has 1 amide bonds. The Kier molecular flexibility index (Phi) is 10.6. The van der Waals surface area contributed by atoms with Gasteiger partial charge >= 0.3 is 6.18 Å². The molecule has 0 spiro atoms. The number of halogens is 4. The van der Waals surface area contributed by atoms with Gasteiger partial charge in [-0.2, -0.15) is 13.2 Å². The van der Waals surface area contributed by atoms with Gasteiger partial charge in [0.1, 0.15) is 0 Å². The largest absolute Gasteiger partial charge is 0.401 e. The van der Waals surface area contributed by atoms with Gasteiger partial charge in [-0.3, -0.25) is 14.7 Å². The number of amides is 1. The number of likely N-dealkylation sites (N-methyl/N-ethyl adjacent to an activating group) is 1. The first-order valence-electron chi connectivity index (χ1n) is 7.77. The fourth-order valence-corrected chi connectivity index (χ4v) is 2.37. The molecule has 1 heterocycles. The lowest BCUT2D eigenvalue weighted by molar-refractivity contribution is -0.142. The third-order valence-corrected chi connectivity index (χ3v) is 3.55. The van der Waals surface area contributed by atoms with Crippen LogP contribution in [-0.2, 0) is 4.79 Å². The van der Waals surface area contributed by atoms with Crippen LogP contribution in [-0.4, -0.2) is 92.1 Å². The van der Waals surface area contributed by atoms with E-state index >= 15 is 0 Å². The lowest BCUT2D eigenvalue weighted by Gasteiger charge is -2.36. The topological polar surface area (TPSA) is 51.2 Å². The predicted octanol–water partition coefficient (Wildman–Crippen LogP) is 1.23. The van der Waals surface area contributed by atoms with Gasteiger partial charge < -0.3 is 15.1 Å². The normalized spacial score (nSPS) is 16.2. The van der Waals surface area contributed by atoms with Crippen molar-refractivity contribution in [2.24, 2.45) is 4.99 Å². The summed E-state index contributed by atoms with van der Waals surface area (Å²) in [5.74, 6) is 0.747. The SMILES string of the molecule is CCNC(=NCCN(C)CC(F)(F)F)N1CCN(C(C)=O)CC1.I. The number of alkyl halides is 3. The van der Waals surface area contributed by atoms with Crippen LogP contribution in [0.3, 0.4) is 0 Å². The van der Waals surface area contributed by atoms with Crippen molar-refractivity contribution in [1.82, 2.24) is 20.0 Å². The number of rotatable bonds is 5. The molecule has 0 aromatic heterocycles. The van der Waals surface area contributed by atoms with Crippen molar-refractivity contribution >= 4 is 35.8 Å². The van der Waals surface area contributed by atoms with Gasteiger partial charge in [0.15, 0.2) is 5.96 Å². The van der Waals surface area contributed by atoms with Crippen molar-refractivity contribution in [2.75, 3.05) is 59.4 Å². The summed E-state index contributed by atoms with van der Waals surface area (Å²) < 4.78 is 36.8. The van der Waals surface area contributed by atoms with E-state index in [1.807, 2.05) is 11.8 Å². The Balaban J connectivity index is 0.00000529. The Morgan fingerprint density at radius 2 is 1.75 bits per heavy atom. The van der Waals surface area contributed by atoms with Crippen LogP contribution in [0.2, 0.25) is 0 Å². The molecule has 0 aliphatic carbocycles. The molecule has 10 heteroatoms. The monoisotopic (exact) mass is 465 g/mol. The number of aliphatic imine (C=N–C) groups is 1. The van der Waals surface area contributed by atoms with Gasteiger partial charge in [-0.15, -0.1) is 24.0 Å². The van der Waals surface area contributed by atoms with Crippen molar-refractivity contribution in [3.8, 4) is 0 Å². The highest BCUT2D eigenvalue weighted by Gasteiger charge is 2.28. The number of carbonyl (C=O) groups excluding carboxylic acids is 1. The quantitative estimate of drug-likeness (QED) is 0.377. The molecule has 1 aliphatic rings. The Morgan fingerprint density at radius 1 is 1.21 bits per heavy atom. The highest BCUT2D eigenvalue weighted by atomic mass is 127. The minimum atomic E-state index is -4.19. The first kappa shape index (κ1) is 23.2. The first-order valence-corrected chi connectivity index (χ1v) is 7.77. The Labute approximate surface area is 158 Å². The van der Waals surface area contributed by atoms with E-state index in [2.05, 4.69) is 10.3 Å². The maximum absolute atomic E-state index is 12.3. The second-order valence-corrected chi connectivity index (χ2v) is 5.58. The number of piperazine rings is 1. The molecule has 1 rings (SSSR count). The van der Waals surface area contributed by atoms with E-state index in [1.165, 1.54) is 11.9 Å². The second kappa shape index (κ2) is 11.0. The zero-order valence-electron chi connectivity index (χ0n) is 14.4. The van der Waals surface area contributed by atoms with Gasteiger partial charge in [0, 0.05) is 46.2 Å². The molecule has 0 saturated carbocycles. The molecule has 1 N–H and O–H groups in total. The zero-order chi connectivity index (χ0) is 17.5. The molecular formula is C14H27F3IN5O. The number of guanidine groups is 1. The van der Waals surface area contributed by atoms with Crippen LogP contribution in [0.4, 0.5) is 13.2 Å². The molecule has 0 unspecified atom stereocenters. The molecule has 0 radical (unpaired) electrons. The van der Waals surface area contributed by atoms with E-state index in [-0.39, 0.29) is 36.4 Å². The summed E-state index contributed by atoms with van der Waals surface area (Å²) in [6.07, 6.45) is -4.19. The van der Waals surface area contributed by atoms with E-state index in [1.54, 1.807) is 11.8 Å². The fraction of sp³-hybridized carbons (Fsp3) is 0.857.